The molecule has 3 rings (SSSR count). The molecule has 0 N–H and O–H groups in total. The molecule has 1 saturated heterocycles. The smallest absolute Gasteiger partial charge is 0.0595 e. The molecule has 2 atom stereocenters. The minimum absolute atomic E-state index is 0.523. The van der Waals surface area contributed by atoms with Crippen molar-refractivity contribution < 1.29 is 4.74 Å². The van der Waals surface area contributed by atoms with Gasteiger partial charge in [0.25, 0.3) is 0 Å². The van der Waals surface area contributed by atoms with Gasteiger partial charge >= 0.3 is 0 Å². The SMILES string of the molecule is CN1CC[C@@H](c2ccc(Cl)c(Cl)c2)[C@@H](COCC2CC2)C1. The third kappa shape index (κ3) is 4.13. The largest absolute Gasteiger partial charge is 0.381 e. The lowest BCUT2D eigenvalue weighted by molar-refractivity contribution is 0.0510. The molecule has 4 heteroatoms. The van der Waals surface area contributed by atoms with E-state index in [4.69, 9.17) is 27.9 Å². The number of hydrogen-bond acceptors (Lipinski definition) is 2. The molecule has 1 aliphatic heterocycles. The van der Waals surface area contributed by atoms with Gasteiger partial charge < -0.3 is 9.64 Å². The maximum absolute atomic E-state index is 6.19. The maximum Gasteiger partial charge on any atom is 0.0595 e. The van der Waals surface area contributed by atoms with Gasteiger partial charge in [-0.05, 0) is 62.4 Å². The summed E-state index contributed by atoms with van der Waals surface area (Å²) in [7, 11) is 2.19. The van der Waals surface area contributed by atoms with E-state index in [0.29, 0.717) is 21.9 Å². The Morgan fingerprint density at radius 2 is 1.95 bits per heavy atom. The average Bonchev–Trinajstić information content (AvgIpc) is 3.27. The van der Waals surface area contributed by atoms with Crippen LogP contribution in [0.2, 0.25) is 10.0 Å². The Balaban J connectivity index is 1.67. The normalized spacial score (nSPS) is 27.0. The molecule has 2 aliphatic rings. The van der Waals surface area contributed by atoms with Gasteiger partial charge in [-0.2, -0.15) is 0 Å². The number of benzene rings is 1. The summed E-state index contributed by atoms with van der Waals surface area (Å²) in [5.74, 6) is 1.89. The molecule has 0 aromatic heterocycles. The van der Waals surface area contributed by atoms with Crippen LogP contribution in [0.5, 0.6) is 0 Å². The first-order chi connectivity index (χ1) is 10.1. The maximum atomic E-state index is 6.19. The van der Waals surface area contributed by atoms with Crippen molar-refractivity contribution in [2.45, 2.75) is 25.2 Å². The number of rotatable bonds is 5. The molecule has 21 heavy (non-hydrogen) atoms. The van der Waals surface area contributed by atoms with E-state index in [0.717, 1.165) is 38.6 Å². The van der Waals surface area contributed by atoms with Gasteiger partial charge in [0, 0.05) is 19.1 Å². The molecule has 1 aromatic rings. The van der Waals surface area contributed by atoms with Gasteiger partial charge in [-0.1, -0.05) is 29.3 Å². The highest BCUT2D eigenvalue weighted by atomic mass is 35.5. The molecule has 0 spiro atoms. The standard InChI is InChI=1S/C17H23Cl2NO/c1-20-7-6-15(13-4-5-16(18)17(19)8-13)14(9-20)11-21-10-12-2-3-12/h4-5,8,12,14-15H,2-3,6-7,9-11H2,1H3/t14-,15+/m1/s1. The minimum atomic E-state index is 0.523. The summed E-state index contributed by atoms with van der Waals surface area (Å²) in [4.78, 5) is 2.40. The van der Waals surface area contributed by atoms with Crippen molar-refractivity contribution in [2.75, 3.05) is 33.4 Å². The number of likely N-dealkylation sites (tertiary alicyclic amines) is 1. The van der Waals surface area contributed by atoms with Gasteiger partial charge in [0.15, 0.2) is 0 Å². The third-order valence-electron chi connectivity index (χ3n) is 4.69. The van der Waals surface area contributed by atoms with Crippen LogP contribution in [0.1, 0.15) is 30.7 Å². The highest BCUT2D eigenvalue weighted by Gasteiger charge is 2.30. The van der Waals surface area contributed by atoms with Crippen molar-refractivity contribution in [3.8, 4) is 0 Å². The molecule has 0 bridgehead atoms. The topological polar surface area (TPSA) is 12.5 Å². The summed E-state index contributed by atoms with van der Waals surface area (Å²) in [5, 5.41) is 1.29. The zero-order chi connectivity index (χ0) is 14.8. The van der Waals surface area contributed by atoms with E-state index in [1.54, 1.807) is 0 Å². The summed E-state index contributed by atoms with van der Waals surface area (Å²) >= 11 is 12.2. The predicted octanol–water partition coefficient (Wildman–Crippen LogP) is 4.46. The summed E-state index contributed by atoms with van der Waals surface area (Å²) in [6.07, 6.45) is 3.85. The van der Waals surface area contributed by atoms with Crippen molar-refractivity contribution in [1.29, 1.82) is 0 Å². The quantitative estimate of drug-likeness (QED) is 0.791. The Hall–Kier alpha value is -0.280. The van der Waals surface area contributed by atoms with Crippen LogP contribution in [0.3, 0.4) is 0 Å². The zero-order valence-corrected chi connectivity index (χ0v) is 14.0. The Morgan fingerprint density at radius 3 is 2.67 bits per heavy atom. The van der Waals surface area contributed by atoms with Crippen LogP contribution < -0.4 is 0 Å². The van der Waals surface area contributed by atoms with E-state index in [1.807, 2.05) is 12.1 Å². The number of piperidine rings is 1. The fourth-order valence-corrected chi connectivity index (χ4v) is 3.54. The van der Waals surface area contributed by atoms with Gasteiger partial charge in [-0.15, -0.1) is 0 Å². The molecule has 0 amide bonds. The van der Waals surface area contributed by atoms with E-state index >= 15 is 0 Å². The van der Waals surface area contributed by atoms with E-state index in [9.17, 15) is 0 Å². The van der Waals surface area contributed by atoms with Crippen LogP contribution in [0.15, 0.2) is 18.2 Å². The van der Waals surface area contributed by atoms with E-state index < -0.39 is 0 Å². The fourth-order valence-electron chi connectivity index (χ4n) is 3.24. The predicted molar refractivity (Wildman–Crippen MR) is 88.4 cm³/mol. The molecule has 116 valence electrons. The molecule has 1 aliphatic carbocycles. The van der Waals surface area contributed by atoms with Crippen LogP contribution in [0.4, 0.5) is 0 Å². The molecule has 2 fully saturated rings. The van der Waals surface area contributed by atoms with Gasteiger partial charge in [-0.25, -0.2) is 0 Å². The summed E-state index contributed by atoms with van der Waals surface area (Å²) in [6.45, 7) is 4.01. The van der Waals surface area contributed by atoms with Gasteiger partial charge in [-0.3, -0.25) is 0 Å². The van der Waals surface area contributed by atoms with E-state index in [2.05, 4.69) is 18.0 Å². The lowest BCUT2D eigenvalue weighted by atomic mass is 9.81. The third-order valence-corrected chi connectivity index (χ3v) is 5.43. The van der Waals surface area contributed by atoms with Crippen molar-refractivity contribution >= 4 is 23.2 Å². The molecule has 0 unspecified atom stereocenters. The second kappa shape index (κ2) is 6.87. The highest BCUT2D eigenvalue weighted by molar-refractivity contribution is 6.42. The van der Waals surface area contributed by atoms with Gasteiger partial charge in [0.2, 0.25) is 0 Å². The first-order valence-corrected chi connectivity index (χ1v) is 8.60. The highest BCUT2D eigenvalue weighted by Crippen LogP contribution is 2.36. The second-order valence-corrected chi connectivity index (χ2v) is 7.39. The summed E-state index contributed by atoms with van der Waals surface area (Å²) < 4.78 is 5.97. The average molecular weight is 328 g/mol. The number of halogens is 2. The molecular formula is C17H23Cl2NO. The Kier molecular flexibility index (Phi) is 5.11. The van der Waals surface area contributed by atoms with Crippen molar-refractivity contribution in [3.05, 3.63) is 33.8 Å². The number of ether oxygens (including phenoxy) is 1. The molecular weight excluding hydrogens is 305 g/mol. The van der Waals surface area contributed by atoms with Crippen LogP contribution in [-0.2, 0) is 4.74 Å². The first-order valence-electron chi connectivity index (χ1n) is 7.84. The van der Waals surface area contributed by atoms with Crippen molar-refractivity contribution in [3.63, 3.8) is 0 Å². The van der Waals surface area contributed by atoms with Gasteiger partial charge in [0.05, 0.1) is 16.7 Å². The molecule has 1 heterocycles. The van der Waals surface area contributed by atoms with Crippen LogP contribution in [0.25, 0.3) is 0 Å². The minimum Gasteiger partial charge on any atom is -0.381 e. The van der Waals surface area contributed by atoms with E-state index in [1.165, 1.54) is 18.4 Å². The van der Waals surface area contributed by atoms with Crippen LogP contribution >= 0.6 is 23.2 Å². The monoisotopic (exact) mass is 327 g/mol. The lowest BCUT2D eigenvalue weighted by Crippen LogP contribution is -2.39. The van der Waals surface area contributed by atoms with Crippen LogP contribution in [0, 0.1) is 11.8 Å². The lowest BCUT2D eigenvalue weighted by Gasteiger charge is -2.37. The van der Waals surface area contributed by atoms with Crippen molar-refractivity contribution in [2.24, 2.45) is 11.8 Å². The number of hydrogen-bond donors (Lipinski definition) is 0. The Bertz CT molecular complexity index is 490. The molecule has 0 radical (unpaired) electrons. The second-order valence-electron chi connectivity index (χ2n) is 6.57. The Labute approximate surface area is 137 Å². The fraction of sp³-hybridized carbons (Fsp3) is 0.647. The summed E-state index contributed by atoms with van der Waals surface area (Å²) in [6, 6.07) is 6.07. The van der Waals surface area contributed by atoms with Crippen LogP contribution in [-0.4, -0.2) is 38.3 Å². The first kappa shape index (κ1) is 15.6. The Morgan fingerprint density at radius 1 is 1.14 bits per heavy atom. The van der Waals surface area contributed by atoms with Crippen molar-refractivity contribution in [1.82, 2.24) is 4.90 Å². The van der Waals surface area contributed by atoms with Gasteiger partial charge in [0.1, 0.15) is 0 Å². The molecule has 1 saturated carbocycles. The summed E-state index contributed by atoms with van der Waals surface area (Å²) in [5.41, 5.74) is 1.30. The molecule has 1 aromatic carbocycles. The van der Waals surface area contributed by atoms with E-state index in [-0.39, 0.29) is 0 Å². The molecule has 2 nitrogen and oxygen atoms in total. The zero-order valence-electron chi connectivity index (χ0n) is 12.5. The number of nitrogens with zero attached hydrogens (tertiary/aromatic N) is 1.